The number of carbonyl (C=O) groups is 2. The van der Waals surface area contributed by atoms with Crippen LogP contribution in [0.5, 0.6) is 0 Å². The first-order chi connectivity index (χ1) is 9.31. The van der Waals surface area contributed by atoms with Crippen molar-refractivity contribution in [2.45, 2.75) is 39.7 Å². The van der Waals surface area contributed by atoms with Crippen molar-refractivity contribution in [1.29, 1.82) is 0 Å². The van der Waals surface area contributed by atoms with Gasteiger partial charge in [0.2, 0.25) is 5.91 Å². The second-order valence-electron chi connectivity index (χ2n) is 5.09. The van der Waals surface area contributed by atoms with Gasteiger partial charge in [-0.3, -0.25) is 9.59 Å². The third-order valence-electron chi connectivity index (χ3n) is 2.43. The van der Waals surface area contributed by atoms with Gasteiger partial charge in [0.1, 0.15) is 5.82 Å². The lowest BCUT2D eigenvalue weighted by atomic mass is 10.2. The Labute approximate surface area is 118 Å². The fourth-order valence-electron chi connectivity index (χ4n) is 1.48. The molecule has 0 aliphatic heterocycles. The molecule has 7 heteroatoms. The van der Waals surface area contributed by atoms with Gasteiger partial charge < -0.3 is 16.4 Å². The normalized spacial score (nSPS) is 10.7. The van der Waals surface area contributed by atoms with Crippen LogP contribution in [-0.2, 0) is 4.79 Å². The Morgan fingerprint density at radius 3 is 2.50 bits per heavy atom. The first kappa shape index (κ1) is 15.9. The summed E-state index contributed by atoms with van der Waals surface area (Å²) in [6.45, 7) is 7.41. The van der Waals surface area contributed by atoms with Gasteiger partial charge in [0.05, 0.1) is 18.4 Å². The van der Waals surface area contributed by atoms with Crippen molar-refractivity contribution in [2.24, 2.45) is 0 Å². The van der Waals surface area contributed by atoms with E-state index in [4.69, 9.17) is 5.73 Å². The quantitative estimate of drug-likeness (QED) is 0.724. The number of carbonyl (C=O) groups excluding carboxylic acids is 2. The molecule has 0 atom stereocenters. The summed E-state index contributed by atoms with van der Waals surface area (Å²) < 4.78 is 0. The molecule has 20 heavy (non-hydrogen) atoms. The molecular formula is C13H21N5O2. The lowest BCUT2D eigenvalue weighted by molar-refractivity contribution is -0.120. The van der Waals surface area contributed by atoms with Crippen LogP contribution in [0.25, 0.3) is 0 Å². The number of nitrogens with two attached hydrogens (primary N) is 1. The standard InChI is InChI=1S/C13H21N5O2/c1-7(2)12-15-5-9(14)11(18-12)13(20)16-6-10(19)17-8(3)4/h5,7-8H,6,14H2,1-4H3,(H,16,20)(H,17,19). The Balaban J connectivity index is 2.72. The second kappa shape index (κ2) is 6.83. The van der Waals surface area contributed by atoms with Crippen LogP contribution >= 0.6 is 0 Å². The second-order valence-corrected chi connectivity index (χ2v) is 5.09. The summed E-state index contributed by atoms with van der Waals surface area (Å²) >= 11 is 0. The van der Waals surface area contributed by atoms with Crippen LogP contribution in [0.1, 0.15) is 49.9 Å². The fourth-order valence-corrected chi connectivity index (χ4v) is 1.48. The Bertz CT molecular complexity index is 500. The van der Waals surface area contributed by atoms with Crippen LogP contribution < -0.4 is 16.4 Å². The number of nitrogen functional groups attached to an aromatic ring is 1. The number of rotatable bonds is 5. The highest BCUT2D eigenvalue weighted by molar-refractivity contribution is 5.98. The lowest BCUT2D eigenvalue weighted by Gasteiger charge is -2.11. The van der Waals surface area contributed by atoms with Gasteiger partial charge in [-0.15, -0.1) is 0 Å². The molecule has 0 saturated heterocycles. The van der Waals surface area contributed by atoms with Crippen molar-refractivity contribution in [3.05, 3.63) is 17.7 Å². The SMILES string of the molecule is CC(C)NC(=O)CNC(=O)c1nc(C(C)C)ncc1N. The van der Waals surface area contributed by atoms with Gasteiger partial charge in [0.15, 0.2) is 5.69 Å². The largest absolute Gasteiger partial charge is 0.396 e. The third kappa shape index (κ3) is 4.49. The zero-order chi connectivity index (χ0) is 15.3. The average molecular weight is 279 g/mol. The summed E-state index contributed by atoms with van der Waals surface area (Å²) in [6, 6.07) is 0.0241. The minimum atomic E-state index is -0.481. The van der Waals surface area contributed by atoms with E-state index in [1.807, 2.05) is 27.7 Å². The van der Waals surface area contributed by atoms with E-state index < -0.39 is 5.91 Å². The molecule has 1 rings (SSSR count). The van der Waals surface area contributed by atoms with E-state index in [0.29, 0.717) is 5.82 Å². The van der Waals surface area contributed by atoms with Crippen LogP contribution in [0, 0.1) is 0 Å². The highest BCUT2D eigenvalue weighted by Gasteiger charge is 2.15. The lowest BCUT2D eigenvalue weighted by Crippen LogP contribution is -2.40. The molecule has 1 aromatic heterocycles. The van der Waals surface area contributed by atoms with E-state index in [9.17, 15) is 9.59 Å². The van der Waals surface area contributed by atoms with E-state index >= 15 is 0 Å². The summed E-state index contributed by atoms with van der Waals surface area (Å²) in [5.74, 6) is -0.113. The van der Waals surface area contributed by atoms with Crippen molar-refractivity contribution in [3.63, 3.8) is 0 Å². The summed E-state index contributed by atoms with van der Waals surface area (Å²) in [6.07, 6.45) is 1.41. The molecule has 0 aromatic carbocycles. The number of aromatic nitrogens is 2. The van der Waals surface area contributed by atoms with Gasteiger partial charge in [-0.25, -0.2) is 9.97 Å². The van der Waals surface area contributed by atoms with Gasteiger partial charge in [-0.05, 0) is 13.8 Å². The van der Waals surface area contributed by atoms with Crippen LogP contribution in [-0.4, -0.2) is 34.4 Å². The number of hydrogen-bond donors (Lipinski definition) is 3. The molecule has 0 saturated carbocycles. The molecule has 1 heterocycles. The molecule has 7 nitrogen and oxygen atoms in total. The van der Waals surface area contributed by atoms with E-state index in [1.165, 1.54) is 6.20 Å². The summed E-state index contributed by atoms with van der Waals surface area (Å²) in [7, 11) is 0. The Kier molecular flexibility index (Phi) is 5.42. The van der Waals surface area contributed by atoms with Gasteiger partial charge >= 0.3 is 0 Å². The minimum Gasteiger partial charge on any atom is -0.396 e. The molecule has 110 valence electrons. The number of anilines is 1. The van der Waals surface area contributed by atoms with Gasteiger partial charge in [0.25, 0.3) is 5.91 Å². The first-order valence-electron chi connectivity index (χ1n) is 6.51. The van der Waals surface area contributed by atoms with Gasteiger partial charge in [-0.1, -0.05) is 13.8 Å². The van der Waals surface area contributed by atoms with E-state index in [0.717, 1.165) is 0 Å². The molecule has 0 aliphatic rings. The van der Waals surface area contributed by atoms with E-state index in [1.54, 1.807) is 0 Å². The molecule has 2 amide bonds. The molecule has 4 N–H and O–H groups in total. The highest BCUT2D eigenvalue weighted by Crippen LogP contribution is 2.13. The van der Waals surface area contributed by atoms with Crippen LogP contribution in [0.3, 0.4) is 0 Å². The van der Waals surface area contributed by atoms with Crippen LogP contribution in [0.15, 0.2) is 6.20 Å². The van der Waals surface area contributed by atoms with E-state index in [2.05, 4.69) is 20.6 Å². The maximum Gasteiger partial charge on any atom is 0.272 e. The molecule has 0 aliphatic carbocycles. The fraction of sp³-hybridized carbons (Fsp3) is 0.538. The Hall–Kier alpha value is -2.18. The van der Waals surface area contributed by atoms with Gasteiger partial charge in [-0.2, -0.15) is 0 Å². The van der Waals surface area contributed by atoms with Crippen molar-refractivity contribution in [2.75, 3.05) is 12.3 Å². The molecule has 0 bridgehead atoms. The zero-order valence-electron chi connectivity index (χ0n) is 12.2. The minimum absolute atomic E-state index is 0.0241. The summed E-state index contributed by atoms with van der Waals surface area (Å²) in [5, 5.41) is 5.17. The Morgan fingerprint density at radius 2 is 1.95 bits per heavy atom. The number of nitrogens with one attached hydrogen (secondary N) is 2. The van der Waals surface area contributed by atoms with E-state index in [-0.39, 0.29) is 35.8 Å². The molecule has 0 fully saturated rings. The monoisotopic (exact) mass is 279 g/mol. The smallest absolute Gasteiger partial charge is 0.272 e. The number of amides is 2. The molecule has 1 aromatic rings. The number of hydrogen-bond acceptors (Lipinski definition) is 5. The first-order valence-corrected chi connectivity index (χ1v) is 6.51. The molecule has 0 radical (unpaired) electrons. The third-order valence-corrected chi connectivity index (χ3v) is 2.43. The van der Waals surface area contributed by atoms with Gasteiger partial charge in [0, 0.05) is 12.0 Å². The van der Waals surface area contributed by atoms with Crippen LogP contribution in [0.2, 0.25) is 0 Å². The van der Waals surface area contributed by atoms with Crippen molar-refractivity contribution in [1.82, 2.24) is 20.6 Å². The maximum atomic E-state index is 12.0. The van der Waals surface area contributed by atoms with Crippen molar-refractivity contribution < 1.29 is 9.59 Å². The average Bonchev–Trinajstić information content (AvgIpc) is 2.35. The molecular weight excluding hydrogens is 258 g/mol. The van der Waals surface area contributed by atoms with Crippen molar-refractivity contribution in [3.8, 4) is 0 Å². The predicted octanol–water partition coefficient (Wildman–Crippen LogP) is 0.437. The molecule has 0 spiro atoms. The Morgan fingerprint density at radius 1 is 1.30 bits per heavy atom. The maximum absolute atomic E-state index is 12.0. The number of nitrogens with zero attached hydrogens (tertiary/aromatic N) is 2. The summed E-state index contributed by atoms with van der Waals surface area (Å²) in [4.78, 5) is 31.6. The molecule has 0 unspecified atom stereocenters. The topological polar surface area (TPSA) is 110 Å². The predicted molar refractivity (Wildman–Crippen MR) is 76.1 cm³/mol. The summed E-state index contributed by atoms with van der Waals surface area (Å²) in [5.41, 5.74) is 5.98. The van der Waals surface area contributed by atoms with Crippen molar-refractivity contribution >= 4 is 17.5 Å². The zero-order valence-corrected chi connectivity index (χ0v) is 12.2. The highest BCUT2D eigenvalue weighted by atomic mass is 16.2. The van der Waals surface area contributed by atoms with Crippen LogP contribution in [0.4, 0.5) is 5.69 Å².